The molecule has 1 aromatic rings. The Morgan fingerprint density at radius 3 is 2.60 bits per heavy atom. The van der Waals surface area contributed by atoms with E-state index in [2.05, 4.69) is 21.2 Å². The molecule has 3 nitrogen and oxygen atoms in total. The van der Waals surface area contributed by atoms with E-state index in [1.807, 2.05) is 6.92 Å². The van der Waals surface area contributed by atoms with Crippen LogP contribution < -0.4 is 5.32 Å². The van der Waals surface area contributed by atoms with Gasteiger partial charge in [0.25, 0.3) is 0 Å². The van der Waals surface area contributed by atoms with Gasteiger partial charge >= 0.3 is 12.1 Å². The van der Waals surface area contributed by atoms with Crippen LogP contribution in [-0.4, -0.2) is 25.3 Å². The number of alkyl halides is 3. The maximum atomic E-state index is 12.3. The van der Waals surface area contributed by atoms with Crippen molar-refractivity contribution < 1.29 is 22.7 Å². The summed E-state index contributed by atoms with van der Waals surface area (Å²) < 4.78 is 42.3. The maximum Gasteiger partial charge on any atom is 0.401 e. The summed E-state index contributed by atoms with van der Waals surface area (Å²) in [7, 11) is 0. The highest BCUT2D eigenvalue weighted by Gasteiger charge is 2.32. The lowest BCUT2D eigenvalue weighted by atomic mass is 10.1. The van der Waals surface area contributed by atoms with Crippen molar-refractivity contribution in [2.75, 3.05) is 13.2 Å². The zero-order valence-electron chi connectivity index (χ0n) is 11.1. The SMILES string of the molecule is CCOC(=O)C(NCC(F)(F)F)c1ccc(C)cc1Br. The van der Waals surface area contributed by atoms with Gasteiger partial charge in [-0.05, 0) is 31.0 Å². The molecule has 1 N–H and O–H groups in total. The molecular weight excluding hydrogens is 339 g/mol. The zero-order valence-corrected chi connectivity index (χ0v) is 12.6. The van der Waals surface area contributed by atoms with Crippen LogP contribution in [0.2, 0.25) is 0 Å². The molecule has 1 atom stereocenters. The Bertz CT molecular complexity index is 477. The number of benzene rings is 1. The Morgan fingerprint density at radius 1 is 1.45 bits per heavy atom. The monoisotopic (exact) mass is 353 g/mol. The van der Waals surface area contributed by atoms with Crippen molar-refractivity contribution in [2.45, 2.75) is 26.1 Å². The molecule has 0 bridgehead atoms. The van der Waals surface area contributed by atoms with E-state index in [-0.39, 0.29) is 6.61 Å². The second-order valence-corrected chi connectivity index (χ2v) is 5.06. The van der Waals surface area contributed by atoms with Crippen molar-refractivity contribution in [3.8, 4) is 0 Å². The lowest BCUT2D eigenvalue weighted by Crippen LogP contribution is -2.37. The Balaban J connectivity index is 3.00. The lowest BCUT2D eigenvalue weighted by molar-refractivity contribution is -0.149. The van der Waals surface area contributed by atoms with Gasteiger partial charge in [0.15, 0.2) is 0 Å². The van der Waals surface area contributed by atoms with Crippen LogP contribution in [0.25, 0.3) is 0 Å². The average Bonchev–Trinajstić information content (AvgIpc) is 2.30. The molecular formula is C13H15BrF3NO2. The molecule has 0 aliphatic rings. The fourth-order valence-corrected chi connectivity index (χ4v) is 2.35. The van der Waals surface area contributed by atoms with Crippen LogP contribution in [0.15, 0.2) is 22.7 Å². The topological polar surface area (TPSA) is 38.3 Å². The summed E-state index contributed by atoms with van der Waals surface area (Å²) in [4.78, 5) is 11.8. The van der Waals surface area contributed by atoms with Crippen LogP contribution in [0.1, 0.15) is 24.1 Å². The molecule has 0 aromatic heterocycles. The first-order valence-electron chi connectivity index (χ1n) is 5.97. The van der Waals surface area contributed by atoms with Gasteiger partial charge in [-0.15, -0.1) is 0 Å². The number of carbonyl (C=O) groups excluding carboxylic acids is 1. The highest BCUT2D eigenvalue weighted by molar-refractivity contribution is 9.10. The number of esters is 1. The Labute approximate surface area is 123 Å². The second-order valence-electron chi connectivity index (χ2n) is 4.21. The molecule has 0 amide bonds. The molecule has 1 rings (SSSR count). The number of hydrogen-bond donors (Lipinski definition) is 1. The van der Waals surface area contributed by atoms with E-state index in [0.717, 1.165) is 5.56 Å². The first-order valence-corrected chi connectivity index (χ1v) is 6.76. The van der Waals surface area contributed by atoms with E-state index >= 15 is 0 Å². The number of nitrogens with one attached hydrogen (secondary N) is 1. The Hall–Kier alpha value is -1.08. The van der Waals surface area contributed by atoms with Crippen LogP contribution in [-0.2, 0) is 9.53 Å². The van der Waals surface area contributed by atoms with Gasteiger partial charge < -0.3 is 4.74 Å². The smallest absolute Gasteiger partial charge is 0.401 e. The Kier molecular flexibility index (Phi) is 6.01. The van der Waals surface area contributed by atoms with Crippen molar-refractivity contribution in [3.63, 3.8) is 0 Å². The molecule has 0 heterocycles. The maximum absolute atomic E-state index is 12.3. The molecule has 0 saturated carbocycles. The fourth-order valence-electron chi connectivity index (χ4n) is 1.63. The summed E-state index contributed by atoms with van der Waals surface area (Å²) >= 11 is 3.26. The zero-order chi connectivity index (χ0) is 15.3. The first kappa shape index (κ1) is 17.0. The van der Waals surface area contributed by atoms with Gasteiger partial charge in [-0.25, -0.2) is 4.79 Å². The van der Waals surface area contributed by atoms with E-state index in [1.54, 1.807) is 25.1 Å². The summed E-state index contributed by atoms with van der Waals surface area (Å²) in [6.45, 7) is 2.28. The third-order valence-electron chi connectivity index (χ3n) is 2.50. The van der Waals surface area contributed by atoms with Gasteiger partial charge in [-0.3, -0.25) is 5.32 Å². The van der Waals surface area contributed by atoms with E-state index in [9.17, 15) is 18.0 Å². The molecule has 0 aliphatic carbocycles. The van der Waals surface area contributed by atoms with Crippen molar-refractivity contribution in [3.05, 3.63) is 33.8 Å². The minimum atomic E-state index is -4.40. The highest BCUT2D eigenvalue weighted by Crippen LogP contribution is 2.26. The molecule has 7 heteroatoms. The van der Waals surface area contributed by atoms with Gasteiger partial charge in [-0.1, -0.05) is 28.1 Å². The minimum Gasteiger partial charge on any atom is -0.465 e. The number of carbonyl (C=O) groups is 1. The molecule has 0 saturated heterocycles. The Morgan fingerprint density at radius 2 is 2.10 bits per heavy atom. The van der Waals surface area contributed by atoms with Crippen molar-refractivity contribution in [2.24, 2.45) is 0 Å². The summed E-state index contributed by atoms with van der Waals surface area (Å²) in [5.41, 5.74) is 1.34. The van der Waals surface area contributed by atoms with Crippen LogP contribution in [0.4, 0.5) is 13.2 Å². The number of halogens is 4. The quantitative estimate of drug-likeness (QED) is 0.823. The molecule has 0 fully saturated rings. The third-order valence-corrected chi connectivity index (χ3v) is 3.18. The number of rotatable bonds is 5. The van der Waals surface area contributed by atoms with Crippen LogP contribution in [0.3, 0.4) is 0 Å². The molecule has 0 spiro atoms. The third kappa shape index (κ3) is 5.13. The van der Waals surface area contributed by atoms with Crippen LogP contribution in [0, 0.1) is 6.92 Å². The summed E-state index contributed by atoms with van der Waals surface area (Å²) in [5, 5.41) is 2.19. The van der Waals surface area contributed by atoms with Gasteiger partial charge in [-0.2, -0.15) is 13.2 Å². The van der Waals surface area contributed by atoms with E-state index < -0.39 is 24.7 Å². The average molecular weight is 354 g/mol. The second kappa shape index (κ2) is 7.08. The van der Waals surface area contributed by atoms with Crippen LogP contribution >= 0.6 is 15.9 Å². The number of hydrogen-bond acceptors (Lipinski definition) is 3. The molecule has 0 aliphatic heterocycles. The standard InChI is InChI=1S/C13H15BrF3NO2/c1-3-20-12(19)11(18-7-13(15,16)17)9-5-4-8(2)6-10(9)14/h4-6,11,18H,3,7H2,1-2H3. The predicted octanol–water partition coefficient (Wildman–Crippen LogP) is 3.51. The largest absolute Gasteiger partial charge is 0.465 e. The van der Waals surface area contributed by atoms with E-state index in [1.165, 1.54) is 0 Å². The molecule has 1 unspecified atom stereocenters. The van der Waals surface area contributed by atoms with Gasteiger partial charge in [0, 0.05) is 4.47 Å². The van der Waals surface area contributed by atoms with Crippen LogP contribution in [0.5, 0.6) is 0 Å². The normalized spacial score (nSPS) is 13.1. The molecule has 20 heavy (non-hydrogen) atoms. The molecule has 1 aromatic carbocycles. The molecule has 0 radical (unpaired) electrons. The predicted molar refractivity (Wildman–Crippen MR) is 72.3 cm³/mol. The number of ether oxygens (including phenoxy) is 1. The lowest BCUT2D eigenvalue weighted by Gasteiger charge is -2.20. The summed E-state index contributed by atoms with van der Waals surface area (Å²) in [6, 6.07) is 3.90. The van der Waals surface area contributed by atoms with E-state index in [4.69, 9.17) is 4.74 Å². The summed E-state index contributed by atoms with van der Waals surface area (Å²) in [5.74, 6) is -0.735. The van der Waals surface area contributed by atoms with Crippen molar-refractivity contribution in [1.29, 1.82) is 0 Å². The first-order chi connectivity index (χ1) is 9.24. The van der Waals surface area contributed by atoms with E-state index in [0.29, 0.717) is 10.0 Å². The summed E-state index contributed by atoms with van der Waals surface area (Å²) in [6.07, 6.45) is -4.40. The van der Waals surface area contributed by atoms with Gasteiger partial charge in [0.2, 0.25) is 0 Å². The van der Waals surface area contributed by atoms with Gasteiger partial charge in [0.1, 0.15) is 6.04 Å². The fraction of sp³-hybridized carbons (Fsp3) is 0.462. The molecule has 112 valence electrons. The minimum absolute atomic E-state index is 0.104. The highest BCUT2D eigenvalue weighted by atomic mass is 79.9. The van der Waals surface area contributed by atoms with Crippen molar-refractivity contribution >= 4 is 21.9 Å². The van der Waals surface area contributed by atoms with Gasteiger partial charge in [0.05, 0.1) is 13.2 Å². The number of aryl methyl sites for hydroxylation is 1. The van der Waals surface area contributed by atoms with Crippen molar-refractivity contribution in [1.82, 2.24) is 5.32 Å².